The van der Waals surface area contributed by atoms with Crippen molar-refractivity contribution in [3.8, 4) is 0 Å². The van der Waals surface area contributed by atoms with Gasteiger partial charge in [-0.05, 0) is 19.3 Å². The van der Waals surface area contributed by atoms with Gasteiger partial charge >= 0.3 is 29.6 Å². The van der Waals surface area contributed by atoms with Crippen LogP contribution in [0.15, 0.2) is 0 Å². The van der Waals surface area contributed by atoms with Gasteiger partial charge in [0.05, 0.1) is 16.2 Å². The molecule has 0 heterocycles. The Kier molecular flexibility index (Phi) is 22.0. The molecule has 6 heteroatoms. The molecule has 0 rings (SSSR count). The summed E-state index contributed by atoms with van der Waals surface area (Å²) in [6.07, 6.45) is 17.7. The molecule has 0 aliphatic carbocycles. The molecule has 0 amide bonds. The number of unbranched alkanes of at least 4 members (excludes halogenated alkanes) is 12. The maximum Gasteiger partial charge on any atom is 1.00 e. The molecule has 0 saturated heterocycles. The Morgan fingerprint density at radius 3 is 1.48 bits per heavy atom. The van der Waals surface area contributed by atoms with E-state index in [-0.39, 0.29) is 41.4 Å². The molecule has 0 aromatic heterocycles. The van der Waals surface area contributed by atoms with Gasteiger partial charge < -0.3 is 9.66 Å². The zero-order valence-electron chi connectivity index (χ0n) is 16.7. The van der Waals surface area contributed by atoms with Crippen LogP contribution in [0.5, 0.6) is 0 Å². The second-order valence-electron chi connectivity index (χ2n) is 7.09. The largest absolute Gasteiger partial charge is 1.00 e. The van der Waals surface area contributed by atoms with E-state index in [1.165, 1.54) is 51.4 Å². The van der Waals surface area contributed by atoms with Crippen LogP contribution in [0.1, 0.15) is 110 Å². The van der Waals surface area contributed by atoms with Crippen LogP contribution >= 0.6 is 0 Å². The van der Waals surface area contributed by atoms with E-state index in [9.17, 15) is 18.1 Å². The molecule has 1 atom stereocenters. The van der Waals surface area contributed by atoms with Crippen molar-refractivity contribution in [2.75, 3.05) is 5.75 Å². The molecular formula is C19H39NaO4S. The summed E-state index contributed by atoms with van der Waals surface area (Å²) in [5.74, 6) is -0.206. The number of rotatable bonds is 18. The van der Waals surface area contributed by atoms with Crippen molar-refractivity contribution >= 4 is 10.1 Å². The van der Waals surface area contributed by atoms with Crippen LogP contribution in [0.3, 0.4) is 0 Å². The Morgan fingerprint density at radius 2 is 1.08 bits per heavy atom. The molecule has 1 N–H and O–H groups in total. The van der Waals surface area contributed by atoms with E-state index < -0.39 is 10.1 Å². The summed E-state index contributed by atoms with van der Waals surface area (Å²) < 4.78 is 31.3. The molecule has 1 unspecified atom stereocenters. The monoisotopic (exact) mass is 386 g/mol. The van der Waals surface area contributed by atoms with E-state index in [1.54, 1.807) is 0 Å². The Labute approximate surface area is 178 Å². The number of hydrogen-bond donors (Lipinski definition) is 1. The molecule has 146 valence electrons. The maximum atomic E-state index is 10.4. The zero-order chi connectivity index (χ0) is 18.1. The first kappa shape index (κ1) is 28.1. The van der Waals surface area contributed by atoms with Crippen LogP contribution < -0.4 is 29.6 Å². The summed E-state index contributed by atoms with van der Waals surface area (Å²) in [6.45, 7) is 2.16. The summed E-state index contributed by atoms with van der Waals surface area (Å²) in [5.41, 5.74) is 0. The minimum atomic E-state index is -4.01. The van der Waals surface area contributed by atoms with Crippen LogP contribution in [-0.2, 0) is 10.1 Å². The predicted octanol–water partition coefficient (Wildman–Crippen LogP) is 2.16. The van der Waals surface area contributed by atoms with E-state index in [2.05, 4.69) is 6.92 Å². The average Bonchev–Trinajstić information content (AvgIpc) is 2.52. The smallest absolute Gasteiger partial charge is 0.748 e. The number of hydrogen-bond acceptors (Lipinski definition) is 4. The molecule has 0 aliphatic heterocycles. The van der Waals surface area contributed by atoms with E-state index in [4.69, 9.17) is 0 Å². The van der Waals surface area contributed by atoms with Gasteiger partial charge in [0.1, 0.15) is 0 Å². The van der Waals surface area contributed by atoms with E-state index in [0.29, 0.717) is 6.42 Å². The van der Waals surface area contributed by atoms with Crippen molar-refractivity contribution in [3.05, 3.63) is 0 Å². The maximum absolute atomic E-state index is 10.4. The summed E-state index contributed by atoms with van der Waals surface area (Å²) in [6, 6.07) is 0. The second kappa shape index (κ2) is 19.6. The van der Waals surface area contributed by atoms with E-state index >= 15 is 0 Å². The topological polar surface area (TPSA) is 77.4 Å². The van der Waals surface area contributed by atoms with Crippen molar-refractivity contribution in [1.29, 1.82) is 0 Å². The third-order valence-electron chi connectivity index (χ3n) is 4.57. The van der Waals surface area contributed by atoms with Crippen molar-refractivity contribution < 1.29 is 47.6 Å². The third kappa shape index (κ3) is 24.9. The molecule has 25 heavy (non-hydrogen) atoms. The van der Waals surface area contributed by atoms with Crippen LogP contribution in [-0.4, -0.2) is 29.9 Å². The van der Waals surface area contributed by atoms with Gasteiger partial charge in [-0.25, -0.2) is 8.42 Å². The van der Waals surface area contributed by atoms with Crippen molar-refractivity contribution in [2.45, 2.75) is 116 Å². The zero-order valence-corrected chi connectivity index (χ0v) is 19.5. The molecule has 0 spiro atoms. The van der Waals surface area contributed by atoms with Crippen molar-refractivity contribution in [3.63, 3.8) is 0 Å². The fraction of sp³-hybridized carbons (Fsp3) is 1.00. The molecule has 0 saturated carbocycles. The summed E-state index contributed by atoms with van der Waals surface area (Å²) in [7, 11) is -4.01. The van der Waals surface area contributed by atoms with Gasteiger partial charge in [-0.3, -0.25) is 0 Å². The van der Waals surface area contributed by atoms with Crippen LogP contribution in [0.2, 0.25) is 0 Å². The Hall–Kier alpha value is 0.870. The first-order chi connectivity index (χ1) is 11.5. The first-order valence-corrected chi connectivity index (χ1v) is 11.6. The fourth-order valence-electron chi connectivity index (χ4n) is 3.01. The van der Waals surface area contributed by atoms with Gasteiger partial charge in [0.15, 0.2) is 0 Å². The number of aliphatic hydroxyl groups excluding tert-OH is 1. The Balaban J connectivity index is 0. The Morgan fingerprint density at radius 1 is 0.720 bits per heavy atom. The molecule has 0 aliphatic rings. The Bertz CT molecular complexity index is 360. The summed E-state index contributed by atoms with van der Waals surface area (Å²) in [4.78, 5) is 0. The normalized spacial score (nSPS) is 12.8. The van der Waals surface area contributed by atoms with Gasteiger partial charge in [0, 0.05) is 5.75 Å². The third-order valence-corrected chi connectivity index (χ3v) is 5.36. The van der Waals surface area contributed by atoms with Gasteiger partial charge in [-0.1, -0.05) is 90.4 Å². The average molecular weight is 387 g/mol. The van der Waals surface area contributed by atoms with Gasteiger partial charge in [0.2, 0.25) is 0 Å². The summed E-state index contributed by atoms with van der Waals surface area (Å²) in [5, 5.41) is 9.75. The minimum absolute atomic E-state index is 0. The number of aliphatic hydroxyl groups is 1. The van der Waals surface area contributed by atoms with Crippen LogP contribution in [0, 0.1) is 0 Å². The van der Waals surface area contributed by atoms with Gasteiger partial charge in [0.25, 0.3) is 0 Å². The standard InChI is InChI=1S/C19H40O4S.Na/c1-2-3-16-19(20)17-14-12-10-8-6-4-5-7-9-11-13-15-18-24(21,22)23;/h19-20H,2-18H2,1H3,(H,21,22,23);/q;+1/p-1. The van der Waals surface area contributed by atoms with E-state index in [1.807, 2.05) is 0 Å². The van der Waals surface area contributed by atoms with Crippen molar-refractivity contribution in [1.82, 2.24) is 0 Å². The molecule has 4 nitrogen and oxygen atoms in total. The summed E-state index contributed by atoms with van der Waals surface area (Å²) >= 11 is 0. The molecule has 0 aromatic rings. The fourth-order valence-corrected chi connectivity index (χ4v) is 3.57. The second-order valence-corrected chi connectivity index (χ2v) is 8.61. The van der Waals surface area contributed by atoms with Gasteiger partial charge in [-0.2, -0.15) is 0 Å². The molecule has 0 aromatic carbocycles. The molecule has 0 radical (unpaired) electrons. The molecule has 0 fully saturated rings. The van der Waals surface area contributed by atoms with Crippen LogP contribution in [0.4, 0.5) is 0 Å². The molecular weight excluding hydrogens is 347 g/mol. The van der Waals surface area contributed by atoms with Crippen LogP contribution in [0.25, 0.3) is 0 Å². The SMILES string of the molecule is CCCCC(O)CCCCCCCCCCCCCCS(=O)(=O)[O-].[Na+]. The first-order valence-electron chi connectivity index (χ1n) is 10.1. The predicted molar refractivity (Wildman–Crippen MR) is 100 cm³/mol. The van der Waals surface area contributed by atoms with E-state index in [0.717, 1.165) is 44.9 Å². The van der Waals surface area contributed by atoms with Gasteiger partial charge in [-0.15, -0.1) is 0 Å². The minimum Gasteiger partial charge on any atom is -0.748 e. The quantitative estimate of drug-likeness (QED) is 0.222. The molecule has 0 bridgehead atoms. The van der Waals surface area contributed by atoms with Crippen molar-refractivity contribution in [2.24, 2.45) is 0 Å².